The molecule has 3 aromatic heterocycles. The lowest BCUT2D eigenvalue weighted by Gasteiger charge is -2.14. The molecule has 0 fully saturated rings. The molecule has 0 atom stereocenters. The first kappa shape index (κ1) is 31.2. The molecule has 0 aliphatic rings. The van der Waals surface area contributed by atoms with E-state index in [0.29, 0.717) is 5.95 Å². The quantitative estimate of drug-likeness (QED) is 0.181. The number of hydrogen-bond acceptors (Lipinski definition) is 3. The van der Waals surface area contributed by atoms with Crippen molar-refractivity contribution >= 4 is 85.8 Å². The molecule has 3 nitrogen and oxygen atoms in total. The third-order valence-corrected chi connectivity index (χ3v) is 12.6. The summed E-state index contributed by atoms with van der Waals surface area (Å²) in [5.41, 5.74) is 9.77. The second-order valence-corrected chi connectivity index (χ2v) is 15.6. The second-order valence-electron chi connectivity index (χ2n) is 14.6. The van der Waals surface area contributed by atoms with Crippen molar-refractivity contribution in [1.82, 2.24) is 14.5 Å². The Morgan fingerprint density at radius 2 is 1.09 bits per heavy atom. The van der Waals surface area contributed by atoms with E-state index < -0.39 is 0 Å². The van der Waals surface area contributed by atoms with E-state index in [2.05, 4.69) is 193 Å². The number of thiophene rings is 1. The molecule has 0 aliphatic carbocycles. The summed E-state index contributed by atoms with van der Waals surface area (Å²) >= 11 is 1.83. The molecule has 0 unspecified atom stereocenters. The molecule has 12 aromatic rings. The number of aromatic nitrogens is 3. The van der Waals surface area contributed by atoms with Crippen molar-refractivity contribution in [3.05, 3.63) is 188 Å². The van der Waals surface area contributed by atoms with Gasteiger partial charge in [0, 0.05) is 41.9 Å². The Labute approximate surface area is 326 Å². The lowest BCUT2D eigenvalue weighted by molar-refractivity contribution is 1.01. The molecular formula is C52H31N3S. The van der Waals surface area contributed by atoms with Crippen LogP contribution in [0.1, 0.15) is 0 Å². The third kappa shape index (κ3) is 4.76. The molecule has 4 heteroatoms. The van der Waals surface area contributed by atoms with Crippen molar-refractivity contribution in [3.8, 4) is 39.5 Å². The number of rotatable bonds is 4. The van der Waals surface area contributed by atoms with E-state index in [1.165, 1.54) is 63.6 Å². The Kier molecular flexibility index (Phi) is 6.80. The van der Waals surface area contributed by atoms with E-state index in [4.69, 9.17) is 9.97 Å². The lowest BCUT2D eigenvalue weighted by atomic mass is 9.96. The first-order valence-corrected chi connectivity index (χ1v) is 19.8. The molecule has 12 rings (SSSR count). The van der Waals surface area contributed by atoms with Gasteiger partial charge in [-0.1, -0.05) is 146 Å². The summed E-state index contributed by atoms with van der Waals surface area (Å²) in [5.74, 6) is 0.654. The van der Waals surface area contributed by atoms with Crippen LogP contribution in [0.15, 0.2) is 188 Å². The number of hydrogen-bond donors (Lipinski definition) is 0. The Morgan fingerprint density at radius 1 is 0.393 bits per heavy atom. The van der Waals surface area contributed by atoms with E-state index in [9.17, 15) is 0 Å². The molecule has 0 saturated carbocycles. The Hall–Kier alpha value is -7.14. The third-order valence-electron chi connectivity index (χ3n) is 11.4. The molecule has 260 valence electrons. The van der Waals surface area contributed by atoms with Crippen LogP contribution < -0.4 is 0 Å². The van der Waals surface area contributed by atoms with Crippen LogP contribution in [0, 0.1) is 0 Å². The van der Waals surface area contributed by atoms with Crippen LogP contribution in [-0.4, -0.2) is 14.5 Å². The highest BCUT2D eigenvalue weighted by Gasteiger charge is 2.22. The molecule has 0 spiro atoms. The maximum absolute atomic E-state index is 5.62. The standard InChI is InChI=1S/C52H31N3S/c1-2-12-32(13-3-1)37-26-27-42-45(30-37)53-52(54-50(42)43-21-10-20-41-40-18-8-9-23-48(40)56-51(41)43)55-46-22-11-19-39(38-25-24-33-14-4-5-15-34(33)28-38)49(46)44-29-35-16-6-7-17-36(35)31-47(44)55/h1-31H. The van der Waals surface area contributed by atoms with Crippen molar-refractivity contribution in [2.24, 2.45) is 0 Å². The fraction of sp³-hybridized carbons (Fsp3) is 0. The number of fused-ring (bicyclic) bond motifs is 9. The van der Waals surface area contributed by atoms with Crippen LogP contribution in [0.5, 0.6) is 0 Å². The lowest BCUT2D eigenvalue weighted by Crippen LogP contribution is -2.03. The van der Waals surface area contributed by atoms with Crippen LogP contribution >= 0.6 is 11.3 Å². The maximum Gasteiger partial charge on any atom is 0.235 e. The van der Waals surface area contributed by atoms with E-state index >= 15 is 0 Å². The van der Waals surface area contributed by atoms with Gasteiger partial charge in [0.2, 0.25) is 5.95 Å². The van der Waals surface area contributed by atoms with Gasteiger partial charge >= 0.3 is 0 Å². The summed E-state index contributed by atoms with van der Waals surface area (Å²) < 4.78 is 4.80. The highest BCUT2D eigenvalue weighted by molar-refractivity contribution is 7.26. The average Bonchev–Trinajstić information content (AvgIpc) is 3.81. The minimum Gasteiger partial charge on any atom is -0.278 e. The van der Waals surface area contributed by atoms with Gasteiger partial charge in [-0.25, -0.2) is 9.97 Å². The minimum atomic E-state index is 0.654. The fourth-order valence-electron chi connectivity index (χ4n) is 8.73. The zero-order valence-corrected chi connectivity index (χ0v) is 31.0. The van der Waals surface area contributed by atoms with Crippen LogP contribution in [0.2, 0.25) is 0 Å². The summed E-state index contributed by atoms with van der Waals surface area (Å²) in [6.45, 7) is 0. The zero-order chi connectivity index (χ0) is 36.7. The minimum absolute atomic E-state index is 0.654. The zero-order valence-electron chi connectivity index (χ0n) is 30.1. The normalized spacial score (nSPS) is 11.9. The topological polar surface area (TPSA) is 30.7 Å². The summed E-state index contributed by atoms with van der Waals surface area (Å²) in [5, 5.41) is 10.8. The summed E-state index contributed by atoms with van der Waals surface area (Å²) in [4.78, 5) is 11.1. The van der Waals surface area contributed by atoms with E-state index in [-0.39, 0.29) is 0 Å². The smallest absolute Gasteiger partial charge is 0.235 e. The summed E-state index contributed by atoms with van der Waals surface area (Å²) in [7, 11) is 0. The van der Waals surface area contributed by atoms with E-state index in [1.807, 2.05) is 11.3 Å². The van der Waals surface area contributed by atoms with Crippen LogP contribution in [0.4, 0.5) is 0 Å². The van der Waals surface area contributed by atoms with Gasteiger partial charge in [0.15, 0.2) is 0 Å². The maximum atomic E-state index is 5.62. The molecule has 0 radical (unpaired) electrons. The highest BCUT2D eigenvalue weighted by Crippen LogP contribution is 2.44. The SMILES string of the molecule is c1ccc(-c2ccc3c(-c4cccc5c4sc4ccccc45)nc(-n4c5cc6ccccc6cc5c5c(-c6ccc7ccccc7c6)cccc54)nc3c2)cc1. The Morgan fingerprint density at radius 3 is 1.96 bits per heavy atom. The first-order chi connectivity index (χ1) is 27.7. The molecule has 0 amide bonds. The summed E-state index contributed by atoms with van der Waals surface area (Å²) in [6.07, 6.45) is 0. The second kappa shape index (κ2) is 12.2. The van der Waals surface area contributed by atoms with Crippen molar-refractivity contribution < 1.29 is 0 Å². The van der Waals surface area contributed by atoms with E-state index in [1.54, 1.807) is 0 Å². The van der Waals surface area contributed by atoms with Crippen molar-refractivity contribution in [1.29, 1.82) is 0 Å². The van der Waals surface area contributed by atoms with Gasteiger partial charge in [0.05, 0.1) is 22.2 Å². The Bertz CT molecular complexity index is 3540. The Balaban J connectivity index is 1.20. The van der Waals surface area contributed by atoms with Gasteiger partial charge in [-0.2, -0.15) is 0 Å². The van der Waals surface area contributed by atoms with Gasteiger partial charge in [-0.15, -0.1) is 11.3 Å². The van der Waals surface area contributed by atoms with Crippen molar-refractivity contribution in [2.75, 3.05) is 0 Å². The van der Waals surface area contributed by atoms with Gasteiger partial charge in [0.1, 0.15) is 0 Å². The van der Waals surface area contributed by atoms with Gasteiger partial charge < -0.3 is 0 Å². The number of benzene rings is 9. The van der Waals surface area contributed by atoms with Crippen molar-refractivity contribution in [3.63, 3.8) is 0 Å². The molecule has 3 heterocycles. The average molecular weight is 730 g/mol. The molecule has 0 N–H and O–H groups in total. The predicted molar refractivity (Wildman–Crippen MR) is 238 cm³/mol. The van der Waals surface area contributed by atoms with Crippen molar-refractivity contribution in [2.45, 2.75) is 0 Å². The van der Waals surface area contributed by atoms with Crippen LogP contribution in [-0.2, 0) is 0 Å². The largest absolute Gasteiger partial charge is 0.278 e. The molecular weight excluding hydrogens is 699 g/mol. The highest BCUT2D eigenvalue weighted by atomic mass is 32.1. The monoisotopic (exact) mass is 729 g/mol. The molecule has 0 bridgehead atoms. The van der Waals surface area contributed by atoms with E-state index in [0.717, 1.165) is 44.3 Å². The van der Waals surface area contributed by atoms with Gasteiger partial charge in [-0.3, -0.25) is 4.57 Å². The van der Waals surface area contributed by atoms with Crippen LogP contribution in [0.3, 0.4) is 0 Å². The molecule has 56 heavy (non-hydrogen) atoms. The molecule has 9 aromatic carbocycles. The molecule has 0 aliphatic heterocycles. The fourth-order valence-corrected chi connectivity index (χ4v) is 9.95. The van der Waals surface area contributed by atoms with Crippen LogP contribution in [0.25, 0.3) is 114 Å². The predicted octanol–water partition coefficient (Wildman–Crippen LogP) is 14.4. The molecule has 0 saturated heterocycles. The number of nitrogens with zero attached hydrogens (tertiary/aromatic N) is 3. The first-order valence-electron chi connectivity index (χ1n) is 19.0. The summed E-state index contributed by atoms with van der Waals surface area (Å²) in [6, 6.07) is 67.9. The van der Waals surface area contributed by atoms with Gasteiger partial charge in [-0.05, 0) is 86.3 Å². The van der Waals surface area contributed by atoms with Gasteiger partial charge in [0.25, 0.3) is 0 Å².